The van der Waals surface area contributed by atoms with Crippen molar-refractivity contribution in [2.45, 2.75) is 17.9 Å². The van der Waals surface area contributed by atoms with Gasteiger partial charge in [0, 0.05) is 12.7 Å². The van der Waals surface area contributed by atoms with E-state index in [0.29, 0.717) is 17.1 Å². The van der Waals surface area contributed by atoms with E-state index in [9.17, 15) is 22.4 Å². The molecule has 10 heteroatoms. The van der Waals surface area contributed by atoms with Crippen LogP contribution < -0.4 is 15.4 Å². The van der Waals surface area contributed by atoms with E-state index < -0.39 is 34.4 Å². The first-order valence-corrected chi connectivity index (χ1v) is 9.74. The summed E-state index contributed by atoms with van der Waals surface area (Å²) in [7, 11) is -2.69. The highest BCUT2D eigenvalue weighted by Crippen LogP contribution is 2.32. The number of likely N-dealkylation sites (N-methyl/N-ethyl adjacent to an activating group) is 1. The van der Waals surface area contributed by atoms with Crippen LogP contribution in [0, 0.1) is 5.82 Å². The zero-order valence-electron chi connectivity index (χ0n) is 15.1. The third-order valence-corrected chi connectivity index (χ3v) is 5.90. The van der Waals surface area contributed by atoms with Crippen LogP contribution in [0.15, 0.2) is 47.4 Å². The fourth-order valence-corrected chi connectivity index (χ4v) is 3.69. The molecule has 2 aromatic rings. The van der Waals surface area contributed by atoms with Crippen molar-refractivity contribution in [3.63, 3.8) is 0 Å². The van der Waals surface area contributed by atoms with Crippen molar-refractivity contribution in [3.8, 4) is 5.75 Å². The van der Waals surface area contributed by atoms with Crippen LogP contribution in [0.25, 0.3) is 0 Å². The van der Waals surface area contributed by atoms with Crippen molar-refractivity contribution >= 4 is 33.2 Å². The minimum atomic E-state index is -3.94. The van der Waals surface area contributed by atoms with Gasteiger partial charge in [0.25, 0.3) is 5.91 Å². The van der Waals surface area contributed by atoms with Gasteiger partial charge in [-0.15, -0.1) is 0 Å². The molecule has 0 unspecified atom stereocenters. The van der Waals surface area contributed by atoms with Crippen LogP contribution in [0.2, 0.25) is 0 Å². The van der Waals surface area contributed by atoms with Crippen LogP contribution in [0.4, 0.5) is 15.8 Å². The lowest BCUT2D eigenvalue weighted by Gasteiger charge is -2.24. The summed E-state index contributed by atoms with van der Waals surface area (Å²) in [5.74, 6) is -0.969. The number of hydrogen-bond donors (Lipinski definition) is 2. The standard InChI is InChI=1S/C18H18FN3O5S/c1-11-18(24)21-15-9-13(5-8-16(15)27-11)20-17(23)10-22(2)28(25,26)14-6-3-12(19)4-7-14/h3-9,11H,10H2,1-2H3,(H,20,23)(H,21,24)/t11-/m0/s1. The lowest BCUT2D eigenvalue weighted by atomic mass is 10.2. The van der Waals surface area contributed by atoms with Gasteiger partial charge in [0.15, 0.2) is 6.10 Å². The van der Waals surface area contributed by atoms with E-state index in [4.69, 9.17) is 4.74 Å². The van der Waals surface area contributed by atoms with Gasteiger partial charge >= 0.3 is 0 Å². The molecule has 8 nitrogen and oxygen atoms in total. The second-order valence-electron chi connectivity index (χ2n) is 6.22. The number of hydrogen-bond acceptors (Lipinski definition) is 5. The Morgan fingerprint density at radius 3 is 2.61 bits per heavy atom. The number of amides is 2. The Labute approximate surface area is 161 Å². The van der Waals surface area contributed by atoms with E-state index in [-0.39, 0.29) is 10.8 Å². The molecule has 0 saturated heterocycles. The largest absolute Gasteiger partial charge is 0.479 e. The first kappa shape index (κ1) is 19.8. The van der Waals surface area contributed by atoms with Crippen molar-refractivity contribution in [1.82, 2.24) is 4.31 Å². The van der Waals surface area contributed by atoms with Crippen molar-refractivity contribution in [2.24, 2.45) is 0 Å². The highest BCUT2D eigenvalue weighted by Gasteiger charge is 2.25. The van der Waals surface area contributed by atoms with Crippen LogP contribution in [-0.4, -0.2) is 44.2 Å². The maximum Gasteiger partial charge on any atom is 0.265 e. The zero-order valence-corrected chi connectivity index (χ0v) is 15.9. The van der Waals surface area contributed by atoms with Gasteiger partial charge in [-0.1, -0.05) is 0 Å². The van der Waals surface area contributed by atoms with Gasteiger partial charge in [0.05, 0.1) is 17.1 Å². The molecule has 1 aliphatic heterocycles. The molecule has 2 N–H and O–H groups in total. The van der Waals surface area contributed by atoms with Crippen molar-refractivity contribution < 1.29 is 27.1 Å². The van der Waals surface area contributed by atoms with Crippen LogP contribution in [0.5, 0.6) is 5.75 Å². The summed E-state index contributed by atoms with van der Waals surface area (Å²) in [5.41, 5.74) is 0.781. The minimum Gasteiger partial charge on any atom is -0.479 e. The molecule has 2 aromatic carbocycles. The molecule has 0 spiro atoms. The van der Waals surface area contributed by atoms with Crippen LogP contribution in [0.1, 0.15) is 6.92 Å². The van der Waals surface area contributed by atoms with Crippen molar-refractivity contribution in [1.29, 1.82) is 0 Å². The van der Waals surface area contributed by atoms with Gasteiger partial charge in [0.2, 0.25) is 15.9 Å². The van der Waals surface area contributed by atoms with Crippen molar-refractivity contribution in [2.75, 3.05) is 24.2 Å². The van der Waals surface area contributed by atoms with Crippen LogP contribution >= 0.6 is 0 Å². The fraction of sp³-hybridized carbons (Fsp3) is 0.222. The van der Waals surface area contributed by atoms with Gasteiger partial charge in [0.1, 0.15) is 11.6 Å². The molecule has 0 aromatic heterocycles. The number of carbonyl (C=O) groups is 2. The predicted molar refractivity (Wildman–Crippen MR) is 100 cm³/mol. The molecular weight excluding hydrogens is 389 g/mol. The molecule has 0 fully saturated rings. The molecule has 28 heavy (non-hydrogen) atoms. The Hall–Kier alpha value is -2.98. The number of sulfonamides is 1. The number of fused-ring (bicyclic) bond motifs is 1. The summed E-state index contributed by atoms with van der Waals surface area (Å²) >= 11 is 0. The number of nitrogens with one attached hydrogen (secondary N) is 2. The minimum absolute atomic E-state index is 0.119. The number of nitrogens with zero attached hydrogens (tertiary/aromatic N) is 1. The monoisotopic (exact) mass is 407 g/mol. The van der Waals surface area contributed by atoms with Crippen LogP contribution in [-0.2, 0) is 19.6 Å². The highest BCUT2D eigenvalue weighted by atomic mass is 32.2. The van der Waals surface area contributed by atoms with Gasteiger partial charge in [-0.25, -0.2) is 12.8 Å². The third-order valence-electron chi connectivity index (χ3n) is 4.08. The molecule has 0 saturated carbocycles. The molecular formula is C18H18FN3O5S. The molecule has 0 radical (unpaired) electrons. The normalized spacial score (nSPS) is 16.1. The Bertz CT molecular complexity index is 1020. The molecule has 1 heterocycles. The smallest absolute Gasteiger partial charge is 0.265 e. The average molecular weight is 407 g/mol. The second-order valence-corrected chi connectivity index (χ2v) is 8.27. The van der Waals surface area contributed by atoms with Crippen LogP contribution in [0.3, 0.4) is 0 Å². The molecule has 148 valence electrons. The number of benzene rings is 2. The van der Waals surface area contributed by atoms with E-state index in [1.807, 2.05) is 0 Å². The van der Waals surface area contributed by atoms with E-state index in [2.05, 4.69) is 10.6 Å². The van der Waals surface area contributed by atoms with E-state index in [0.717, 1.165) is 28.6 Å². The Kier molecular flexibility index (Phi) is 5.34. The predicted octanol–water partition coefficient (Wildman–Crippen LogP) is 1.80. The Balaban J connectivity index is 1.68. The maximum absolute atomic E-state index is 13.0. The number of halogens is 1. The first-order chi connectivity index (χ1) is 13.2. The average Bonchev–Trinajstić information content (AvgIpc) is 2.63. The van der Waals surface area contributed by atoms with Gasteiger partial charge in [-0.05, 0) is 49.4 Å². The summed E-state index contributed by atoms with van der Waals surface area (Å²) in [6, 6.07) is 9.02. The highest BCUT2D eigenvalue weighted by molar-refractivity contribution is 7.89. The first-order valence-electron chi connectivity index (χ1n) is 8.30. The number of anilines is 2. The molecule has 2 amide bonds. The second kappa shape index (κ2) is 7.56. The molecule has 1 atom stereocenters. The van der Waals surface area contributed by atoms with E-state index in [1.165, 1.54) is 13.1 Å². The molecule has 0 aliphatic carbocycles. The van der Waals surface area contributed by atoms with Gasteiger partial charge < -0.3 is 15.4 Å². The molecule has 0 bridgehead atoms. The summed E-state index contributed by atoms with van der Waals surface area (Å²) < 4.78 is 44.2. The zero-order chi connectivity index (χ0) is 20.5. The number of ether oxygens (including phenoxy) is 1. The van der Waals surface area contributed by atoms with E-state index >= 15 is 0 Å². The fourth-order valence-electron chi connectivity index (χ4n) is 2.56. The van der Waals surface area contributed by atoms with Gasteiger partial charge in [-0.2, -0.15) is 4.31 Å². The Morgan fingerprint density at radius 1 is 1.25 bits per heavy atom. The van der Waals surface area contributed by atoms with Crippen molar-refractivity contribution in [3.05, 3.63) is 48.3 Å². The quantitative estimate of drug-likeness (QED) is 0.787. The SMILES string of the molecule is C[C@@H]1Oc2ccc(NC(=O)CN(C)S(=O)(=O)c3ccc(F)cc3)cc2NC1=O. The lowest BCUT2D eigenvalue weighted by molar-refractivity contribution is -0.122. The molecule has 3 rings (SSSR count). The van der Waals surface area contributed by atoms with Gasteiger partial charge in [-0.3, -0.25) is 9.59 Å². The summed E-state index contributed by atoms with van der Waals surface area (Å²) in [4.78, 5) is 23.8. The lowest BCUT2D eigenvalue weighted by Crippen LogP contribution is -2.35. The summed E-state index contributed by atoms with van der Waals surface area (Å²) in [5, 5.41) is 5.23. The number of rotatable bonds is 5. The number of carbonyl (C=O) groups excluding carboxylic acids is 2. The molecule has 1 aliphatic rings. The van der Waals surface area contributed by atoms with E-state index in [1.54, 1.807) is 19.1 Å². The third kappa shape index (κ3) is 4.12. The summed E-state index contributed by atoms with van der Waals surface area (Å²) in [6.07, 6.45) is -0.613. The summed E-state index contributed by atoms with van der Waals surface area (Å²) in [6.45, 7) is 1.17. The maximum atomic E-state index is 13.0. The topological polar surface area (TPSA) is 105 Å². The Morgan fingerprint density at radius 2 is 1.93 bits per heavy atom.